The van der Waals surface area contributed by atoms with Crippen molar-refractivity contribution < 1.29 is 24.0 Å². The third-order valence-corrected chi connectivity index (χ3v) is 7.45. The van der Waals surface area contributed by atoms with E-state index in [-0.39, 0.29) is 42.2 Å². The second kappa shape index (κ2) is 11.0. The minimum atomic E-state index is -0.920. The smallest absolute Gasteiger partial charge is 0.270 e. The number of nitrogens with one attached hydrogen (secondary N) is 1. The summed E-state index contributed by atoms with van der Waals surface area (Å²) >= 11 is 0. The zero-order valence-corrected chi connectivity index (χ0v) is 22.0. The standard InChI is InChI=1S/C29H29N5O6/c1-40-25-12-6-8-22(18-25)30-26(35)19-32-20-33(23-9-3-2-4-10-23)29(28(32)37)13-15-31(16-14-29)27(36)21-7-5-11-24(17-21)34(38)39/h2-12,17-18H,13-16,19-20H2,1H3,(H,30,35). The van der Waals surface area contributed by atoms with Crippen LogP contribution in [0.15, 0.2) is 78.9 Å². The summed E-state index contributed by atoms with van der Waals surface area (Å²) < 4.78 is 5.21. The van der Waals surface area contributed by atoms with E-state index in [1.165, 1.54) is 18.2 Å². The predicted molar refractivity (Wildman–Crippen MR) is 148 cm³/mol. The van der Waals surface area contributed by atoms with Crippen LogP contribution in [0.25, 0.3) is 0 Å². The van der Waals surface area contributed by atoms with E-state index >= 15 is 0 Å². The first-order chi connectivity index (χ1) is 19.3. The molecule has 0 atom stereocenters. The molecule has 2 heterocycles. The Morgan fingerprint density at radius 3 is 2.42 bits per heavy atom. The zero-order chi connectivity index (χ0) is 28.3. The number of ether oxygens (including phenoxy) is 1. The number of carbonyl (C=O) groups is 3. The van der Waals surface area contributed by atoms with Gasteiger partial charge in [0.25, 0.3) is 17.5 Å². The Morgan fingerprint density at radius 1 is 1.00 bits per heavy atom. The minimum absolute atomic E-state index is 0.128. The van der Waals surface area contributed by atoms with Gasteiger partial charge in [-0.15, -0.1) is 0 Å². The van der Waals surface area contributed by atoms with Crippen LogP contribution in [0.1, 0.15) is 23.2 Å². The van der Waals surface area contributed by atoms with Crippen molar-refractivity contribution in [2.75, 3.05) is 43.6 Å². The molecule has 11 heteroatoms. The molecule has 40 heavy (non-hydrogen) atoms. The summed E-state index contributed by atoms with van der Waals surface area (Å²) in [7, 11) is 1.55. The van der Waals surface area contributed by atoms with Crippen LogP contribution in [-0.2, 0) is 9.59 Å². The number of benzene rings is 3. The molecule has 1 N–H and O–H groups in total. The normalized spacial score (nSPS) is 16.2. The first-order valence-electron chi connectivity index (χ1n) is 12.9. The average molecular weight is 544 g/mol. The van der Waals surface area contributed by atoms with Crippen molar-refractivity contribution in [3.8, 4) is 5.75 Å². The number of nitro benzene ring substituents is 1. The Balaban J connectivity index is 1.33. The molecule has 2 saturated heterocycles. The summed E-state index contributed by atoms with van der Waals surface area (Å²) in [5, 5.41) is 14.0. The van der Waals surface area contributed by atoms with Gasteiger partial charge in [0.05, 0.1) is 18.7 Å². The van der Waals surface area contributed by atoms with E-state index in [0.29, 0.717) is 37.4 Å². The highest BCUT2D eigenvalue weighted by molar-refractivity contribution is 6.00. The van der Waals surface area contributed by atoms with Gasteiger partial charge >= 0.3 is 0 Å². The molecule has 0 bridgehead atoms. The fourth-order valence-electron chi connectivity index (χ4n) is 5.41. The van der Waals surface area contributed by atoms with Gasteiger partial charge in [0, 0.05) is 48.2 Å². The molecule has 3 amide bonds. The van der Waals surface area contributed by atoms with E-state index in [1.54, 1.807) is 47.2 Å². The largest absolute Gasteiger partial charge is 0.497 e. The molecule has 0 radical (unpaired) electrons. The topological polar surface area (TPSA) is 125 Å². The average Bonchev–Trinajstić information content (AvgIpc) is 3.23. The number of hydrogen-bond donors (Lipinski definition) is 1. The maximum Gasteiger partial charge on any atom is 0.270 e. The Bertz CT molecular complexity index is 1440. The Labute approximate surface area is 231 Å². The van der Waals surface area contributed by atoms with Gasteiger partial charge in [-0.3, -0.25) is 24.5 Å². The molecule has 3 aromatic carbocycles. The summed E-state index contributed by atoms with van der Waals surface area (Å²) in [5.74, 6) is -0.204. The molecule has 206 valence electrons. The van der Waals surface area contributed by atoms with E-state index in [4.69, 9.17) is 4.74 Å². The zero-order valence-electron chi connectivity index (χ0n) is 22.0. The second-order valence-electron chi connectivity index (χ2n) is 9.82. The Morgan fingerprint density at radius 2 is 1.73 bits per heavy atom. The van der Waals surface area contributed by atoms with Crippen molar-refractivity contribution in [3.63, 3.8) is 0 Å². The van der Waals surface area contributed by atoms with Crippen LogP contribution < -0.4 is 15.0 Å². The molecule has 1 spiro atoms. The number of amides is 3. The molecule has 0 saturated carbocycles. The van der Waals surface area contributed by atoms with Gasteiger partial charge < -0.3 is 24.8 Å². The molecular weight excluding hydrogens is 514 g/mol. The molecule has 2 aliphatic rings. The fourth-order valence-corrected chi connectivity index (χ4v) is 5.41. The number of para-hydroxylation sites is 1. The lowest BCUT2D eigenvalue weighted by molar-refractivity contribution is -0.384. The van der Waals surface area contributed by atoms with E-state index in [2.05, 4.69) is 5.32 Å². The molecular formula is C29H29N5O6. The monoisotopic (exact) mass is 543 g/mol. The summed E-state index contributed by atoms with van der Waals surface area (Å²) in [4.78, 5) is 55.9. The number of rotatable bonds is 7. The number of hydrogen-bond acceptors (Lipinski definition) is 7. The van der Waals surface area contributed by atoms with Gasteiger partial charge in [0.2, 0.25) is 5.91 Å². The quantitative estimate of drug-likeness (QED) is 0.357. The number of piperidine rings is 1. The maximum absolute atomic E-state index is 13.9. The van der Waals surface area contributed by atoms with E-state index in [9.17, 15) is 24.5 Å². The van der Waals surface area contributed by atoms with Crippen LogP contribution in [-0.4, -0.2) is 71.4 Å². The van der Waals surface area contributed by atoms with Gasteiger partial charge in [-0.2, -0.15) is 0 Å². The number of nitrogens with zero attached hydrogens (tertiary/aromatic N) is 4. The van der Waals surface area contributed by atoms with Crippen molar-refractivity contribution in [1.29, 1.82) is 0 Å². The second-order valence-corrected chi connectivity index (χ2v) is 9.82. The molecule has 0 aliphatic carbocycles. The third kappa shape index (κ3) is 5.18. The van der Waals surface area contributed by atoms with Gasteiger partial charge in [0.15, 0.2) is 0 Å². The SMILES string of the molecule is COc1cccc(NC(=O)CN2CN(c3ccccc3)C3(CCN(C(=O)c4cccc([N+](=O)[O-])c4)CC3)C2=O)c1. The van der Waals surface area contributed by atoms with Crippen molar-refractivity contribution in [1.82, 2.24) is 9.80 Å². The van der Waals surface area contributed by atoms with Gasteiger partial charge in [-0.05, 0) is 43.2 Å². The Hall–Kier alpha value is -4.93. The number of carbonyl (C=O) groups excluding carboxylic acids is 3. The van der Waals surface area contributed by atoms with Crippen LogP contribution in [0, 0.1) is 10.1 Å². The predicted octanol–water partition coefficient (Wildman–Crippen LogP) is 3.52. The number of anilines is 2. The van der Waals surface area contributed by atoms with Crippen molar-refractivity contribution in [3.05, 3.63) is 94.5 Å². The van der Waals surface area contributed by atoms with Gasteiger partial charge in [0.1, 0.15) is 17.8 Å². The highest BCUT2D eigenvalue weighted by atomic mass is 16.6. The van der Waals surface area contributed by atoms with Crippen molar-refractivity contribution in [2.24, 2.45) is 0 Å². The fraction of sp³-hybridized carbons (Fsp3) is 0.276. The highest BCUT2D eigenvalue weighted by Crippen LogP contribution is 2.39. The number of nitro groups is 1. The first kappa shape index (κ1) is 26.7. The van der Waals surface area contributed by atoms with E-state index in [0.717, 1.165) is 5.69 Å². The summed E-state index contributed by atoms with van der Waals surface area (Å²) in [6.45, 7) is 0.686. The maximum atomic E-state index is 13.9. The number of likely N-dealkylation sites (tertiary alicyclic amines) is 1. The summed E-state index contributed by atoms with van der Waals surface area (Å²) in [6, 6.07) is 22.2. The Kier molecular flexibility index (Phi) is 7.37. The molecule has 0 aromatic heterocycles. The van der Waals surface area contributed by atoms with Gasteiger partial charge in [-0.1, -0.05) is 30.3 Å². The minimum Gasteiger partial charge on any atom is -0.497 e. The summed E-state index contributed by atoms with van der Waals surface area (Å²) in [6.07, 6.45) is 0.713. The van der Waals surface area contributed by atoms with Crippen molar-refractivity contribution >= 4 is 34.8 Å². The first-order valence-corrected chi connectivity index (χ1v) is 12.9. The molecule has 2 fully saturated rings. The highest BCUT2D eigenvalue weighted by Gasteiger charge is 2.54. The third-order valence-electron chi connectivity index (χ3n) is 7.45. The molecule has 0 unspecified atom stereocenters. The number of non-ortho nitro benzene ring substituents is 1. The van der Waals surface area contributed by atoms with Crippen LogP contribution >= 0.6 is 0 Å². The molecule has 5 rings (SSSR count). The molecule has 11 nitrogen and oxygen atoms in total. The lowest BCUT2D eigenvalue weighted by Crippen LogP contribution is -2.57. The van der Waals surface area contributed by atoms with Crippen molar-refractivity contribution in [2.45, 2.75) is 18.4 Å². The van der Waals surface area contributed by atoms with Crippen LogP contribution in [0.3, 0.4) is 0 Å². The molecule has 2 aliphatic heterocycles. The number of methoxy groups -OCH3 is 1. The van der Waals surface area contributed by atoms with E-state index in [1.807, 2.05) is 35.2 Å². The van der Waals surface area contributed by atoms with Crippen LogP contribution in [0.2, 0.25) is 0 Å². The van der Waals surface area contributed by atoms with Crippen LogP contribution in [0.4, 0.5) is 17.1 Å². The van der Waals surface area contributed by atoms with Gasteiger partial charge in [-0.25, -0.2) is 0 Å². The lowest BCUT2D eigenvalue weighted by atomic mass is 9.85. The summed E-state index contributed by atoms with van der Waals surface area (Å²) in [5.41, 5.74) is 0.586. The van der Waals surface area contributed by atoms with Crippen LogP contribution in [0.5, 0.6) is 5.75 Å². The lowest BCUT2D eigenvalue weighted by Gasteiger charge is -2.43. The van der Waals surface area contributed by atoms with E-state index < -0.39 is 10.5 Å². The molecule has 3 aromatic rings.